The van der Waals surface area contributed by atoms with E-state index in [1.54, 1.807) is 0 Å². The van der Waals surface area contributed by atoms with Crippen LogP contribution in [0.3, 0.4) is 0 Å². The third kappa shape index (κ3) is 0.576. The van der Waals surface area contributed by atoms with E-state index in [1.807, 2.05) is 6.92 Å². The molecule has 4 heteroatoms. The molecule has 2 atom stereocenters. The number of hydrogen-bond donors (Lipinski definition) is 0. The van der Waals surface area contributed by atoms with Crippen molar-refractivity contribution in [1.29, 1.82) is 0 Å². The summed E-state index contributed by atoms with van der Waals surface area (Å²) in [6.07, 6.45) is 0.681. The normalized spacial score (nSPS) is 52.8. The molecule has 0 N–H and O–H groups in total. The van der Waals surface area contributed by atoms with Crippen LogP contribution < -0.4 is 0 Å². The quantitative estimate of drug-likeness (QED) is 0.451. The van der Waals surface area contributed by atoms with Gasteiger partial charge in [-0.3, -0.25) is 0 Å². The van der Waals surface area contributed by atoms with Gasteiger partial charge in [-0.25, -0.2) is 8.42 Å². The molecule has 0 aromatic rings. The molecule has 0 bridgehead atoms. The van der Waals surface area contributed by atoms with Crippen molar-refractivity contribution < 1.29 is 13.2 Å². The molecule has 9 heavy (non-hydrogen) atoms. The van der Waals surface area contributed by atoms with Crippen LogP contribution in [0.1, 0.15) is 13.3 Å². The van der Waals surface area contributed by atoms with Gasteiger partial charge in [-0.2, -0.15) is 0 Å². The molecule has 0 aromatic heterocycles. The molecular formula is C5H8O3S. The Balaban J connectivity index is 2.42. The second-order valence-electron chi connectivity index (χ2n) is 2.88. The minimum Gasteiger partial charge on any atom is -0.349 e. The molecule has 52 valence electrons. The van der Waals surface area contributed by atoms with E-state index in [0.29, 0.717) is 12.2 Å². The van der Waals surface area contributed by atoms with E-state index in [2.05, 4.69) is 0 Å². The van der Waals surface area contributed by atoms with Crippen molar-refractivity contribution >= 4 is 9.84 Å². The van der Waals surface area contributed by atoms with Crippen molar-refractivity contribution in [3.63, 3.8) is 0 Å². The Morgan fingerprint density at radius 3 is 2.44 bits per heavy atom. The predicted molar refractivity (Wildman–Crippen MR) is 31.7 cm³/mol. The highest BCUT2D eigenvalue weighted by molar-refractivity contribution is 7.92. The SMILES string of the molecule is C[C@]12CCS(=O)(=O)[C@@H]1O2. The Morgan fingerprint density at radius 1 is 1.67 bits per heavy atom. The second kappa shape index (κ2) is 1.18. The van der Waals surface area contributed by atoms with Gasteiger partial charge < -0.3 is 4.74 Å². The molecule has 0 spiro atoms. The molecule has 0 saturated carbocycles. The lowest BCUT2D eigenvalue weighted by Crippen LogP contribution is -2.06. The van der Waals surface area contributed by atoms with Crippen LogP contribution in [0.25, 0.3) is 0 Å². The van der Waals surface area contributed by atoms with Crippen molar-refractivity contribution in [1.82, 2.24) is 0 Å². The molecule has 0 radical (unpaired) electrons. The number of hydrogen-bond acceptors (Lipinski definition) is 3. The van der Waals surface area contributed by atoms with Crippen molar-refractivity contribution in [2.24, 2.45) is 0 Å². The minimum atomic E-state index is -2.83. The summed E-state index contributed by atoms with van der Waals surface area (Å²) >= 11 is 0. The molecule has 0 aliphatic carbocycles. The lowest BCUT2D eigenvalue weighted by Gasteiger charge is -1.93. The second-order valence-corrected chi connectivity index (χ2v) is 5.04. The van der Waals surface area contributed by atoms with E-state index < -0.39 is 15.3 Å². The standard InChI is InChI=1S/C5H8O3S/c1-5-2-3-9(6,7)4(5)8-5/h4H,2-3H2,1H3/t4-,5-/m0/s1. The third-order valence-corrected chi connectivity index (χ3v) is 4.05. The van der Waals surface area contributed by atoms with Crippen LogP contribution in [0, 0.1) is 0 Å². The first-order chi connectivity index (χ1) is 4.05. The van der Waals surface area contributed by atoms with Crippen LogP contribution in [0.5, 0.6) is 0 Å². The minimum absolute atomic E-state index is 0.293. The summed E-state index contributed by atoms with van der Waals surface area (Å²) in [5, 5.41) is 0. The van der Waals surface area contributed by atoms with Gasteiger partial charge in [0, 0.05) is 0 Å². The molecule has 2 aliphatic rings. The highest BCUT2D eigenvalue weighted by Gasteiger charge is 2.64. The Hall–Kier alpha value is -0.0900. The van der Waals surface area contributed by atoms with Gasteiger partial charge in [-0.1, -0.05) is 0 Å². The lowest BCUT2D eigenvalue weighted by molar-refractivity contribution is 0.305. The summed E-state index contributed by atoms with van der Waals surface area (Å²) < 4.78 is 26.7. The van der Waals surface area contributed by atoms with Crippen molar-refractivity contribution in [3.05, 3.63) is 0 Å². The maximum atomic E-state index is 10.9. The zero-order valence-corrected chi connectivity index (χ0v) is 5.94. The summed E-state index contributed by atoms with van der Waals surface area (Å²) in [7, 11) is -2.83. The maximum Gasteiger partial charge on any atom is 0.188 e. The predicted octanol–water partition coefficient (Wildman–Crippen LogP) is -0.0801. The van der Waals surface area contributed by atoms with E-state index in [1.165, 1.54) is 0 Å². The zero-order chi connectivity index (χ0) is 6.70. The van der Waals surface area contributed by atoms with Gasteiger partial charge >= 0.3 is 0 Å². The first kappa shape index (κ1) is 5.68. The average Bonchev–Trinajstić information content (AvgIpc) is 2.35. The summed E-state index contributed by atoms with van der Waals surface area (Å²) in [5.41, 5.74) is -0.747. The Bertz CT molecular complexity index is 243. The highest BCUT2D eigenvalue weighted by Crippen LogP contribution is 2.48. The van der Waals surface area contributed by atoms with Crippen LogP contribution in [0.2, 0.25) is 0 Å². The fourth-order valence-corrected chi connectivity index (χ4v) is 3.44. The number of sulfone groups is 1. The largest absolute Gasteiger partial charge is 0.349 e. The van der Waals surface area contributed by atoms with Crippen molar-refractivity contribution in [2.45, 2.75) is 24.4 Å². The van der Waals surface area contributed by atoms with Crippen LogP contribution >= 0.6 is 0 Å². The van der Waals surface area contributed by atoms with Crippen molar-refractivity contribution in [2.75, 3.05) is 5.75 Å². The first-order valence-electron chi connectivity index (χ1n) is 2.94. The van der Waals surface area contributed by atoms with Gasteiger partial charge in [-0.15, -0.1) is 0 Å². The summed E-state index contributed by atoms with van der Waals surface area (Å²) in [5.74, 6) is 0.314. The number of ether oxygens (including phenoxy) is 1. The third-order valence-electron chi connectivity index (χ3n) is 2.03. The molecule has 3 nitrogen and oxygen atoms in total. The number of fused-ring (bicyclic) bond motifs is 1. The molecule has 0 aromatic carbocycles. The van der Waals surface area contributed by atoms with Gasteiger partial charge in [-0.05, 0) is 13.3 Å². The van der Waals surface area contributed by atoms with Crippen LogP contribution in [0.4, 0.5) is 0 Å². The molecule has 0 amide bonds. The summed E-state index contributed by atoms with van der Waals surface area (Å²) in [6, 6.07) is 0. The Morgan fingerprint density at radius 2 is 2.33 bits per heavy atom. The molecule has 2 heterocycles. The van der Waals surface area contributed by atoms with Gasteiger partial charge in [0.05, 0.1) is 5.75 Å². The first-order valence-corrected chi connectivity index (χ1v) is 4.66. The van der Waals surface area contributed by atoms with Gasteiger partial charge in [0.25, 0.3) is 0 Å². The van der Waals surface area contributed by atoms with Crippen LogP contribution in [-0.2, 0) is 14.6 Å². The van der Waals surface area contributed by atoms with Gasteiger partial charge in [0.15, 0.2) is 15.3 Å². The average molecular weight is 148 g/mol. The Labute approximate surface area is 53.9 Å². The molecule has 2 rings (SSSR count). The van der Waals surface area contributed by atoms with E-state index in [-0.39, 0.29) is 5.60 Å². The topological polar surface area (TPSA) is 46.7 Å². The summed E-state index contributed by atoms with van der Waals surface area (Å²) in [6.45, 7) is 1.85. The molecule has 2 aliphatic heterocycles. The molecule has 2 fully saturated rings. The van der Waals surface area contributed by atoms with Crippen LogP contribution in [0.15, 0.2) is 0 Å². The number of rotatable bonds is 0. The Kier molecular flexibility index (Phi) is 0.743. The van der Waals surface area contributed by atoms with E-state index >= 15 is 0 Å². The summed E-state index contributed by atoms with van der Waals surface area (Å²) in [4.78, 5) is 0. The number of epoxide rings is 1. The lowest BCUT2D eigenvalue weighted by atomic mass is 10.1. The maximum absolute atomic E-state index is 10.9. The molecule has 2 saturated heterocycles. The van der Waals surface area contributed by atoms with E-state index in [4.69, 9.17) is 4.74 Å². The van der Waals surface area contributed by atoms with Crippen molar-refractivity contribution in [3.8, 4) is 0 Å². The molecule has 0 unspecified atom stereocenters. The monoisotopic (exact) mass is 148 g/mol. The smallest absolute Gasteiger partial charge is 0.188 e. The van der Waals surface area contributed by atoms with Crippen LogP contribution in [-0.4, -0.2) is 25.2 Å². The highest BCUT2D eigenvalue weighted by atomic mass is 32.2. The van der Waals surface area contributed by atoms with E-state index in [0.717, 1.165) is 0 Å². The molecular weight excluding hydrogens is 140 g/mol. The van der Waals surface area contributed by atoms with E-state index in [9.17, 15) is 8.42 Å². The van der Waals surface area contributed by atoms with Gasteiger partial charge in [0.1, 0.15) is 5.60 Å². The zero-order valence-electron chi connectivity index (χ0n) is 5.12. The fraction of sp³-hybridized carbons (Fsp3) is 1.00. The fourth-order valence-electron chi connectivity index (χ4n) is 1.29. The van der Waals surface area contributed by atoms with Gasteiger partial charge in [0.2, 0.25) is 0 Å².